The number of carbonyl (C=O) groups excluding carboxylic acids is 1. The third-order valence-corrected chi connectivity index (χ3v) is 4.03. The zero-order valence-electron chi connectivity index (χ0n) is 16.0. The van der Waals surface area contributed by atoms with Crippen LogP contribution in [0.25, 0.3) is 0 Å². The lowest BCUT2D eigenvalue weighted by atomic mass is 10.1. The second kappa shape index (κ2) is 10.1. The summed E-state index contributed by atoms with van der Waals surface area (Å²) in [6.07, 6.45) is 2.26. The van der Waals surface area contributed by atoms with Gasteiger partial charge < -0.3 is 9.47 Å². The number of amides is 1. The minimum Gasteiger partial charge on any atom is -0.493 e. The van der Waals surface area contributed by atoms with Crippen LogP contribution in [-0.4, -0.2) is 30.3 Å². The molecule has 2 rings (SSSR count). The summed E-state index contributed by atoms with van der Waals surface area (Å²) in [6, 6.07) is 11.4. The quantitative estimate of drug-likeness (QED) is 0.404. The van der Waals surface area contributed by atoms with Crippen LogP contribution in [0, 0.1) is 10.1 Å². The second-order valence-electron chi connectivity index (χ2n) is 6.10. The van der Waals surface area contributed by atoms with E-state index in [1.54, 1.807) is 43.5 Å². The monoisotopic (exact) mass is 385 g/mol. The number of nitro groups is 1. The van der Waals surface area contributed by atoms with Crippen LogP contribution in [0.2, 0.25) is 0 Å². The lowest BCUT2D eigenvalue weighted by Crippen LogP contribution is -2.20. The van der Waals surface area contributed by atoms with E-state index in [-0.39, 0.29) is 18.2 Å². The molecule has 0 aliphatic rings. The van der Waals surface area contributed by atoms with Gasteiger partial charge in [-0.05, 0) is 37.1 Å². The van der Waals surface area contributed by atoms with E-state index in [9.17, 15) is 14.9 Å². The highest BCUT2D eigenvalue weighted by atomic mass is 16.6. The van der Waals surface area contributed by atoms with Crippen LogP contribution in [0.4, 0.5) is 5.69 Å². The maximum absolute atomic E-state index is 12.0. The van der Waals surface area contributed by atoms with Gasteiger partial charge in [-0.1, -0.05) is 25.1 Å². The smallest absolute Gasteiger partial charge is 0.273 e. The Morgan fingerprint density at radius 3 is 2.71 bits per heavy atom. The number of hydrogen-bond acceptors (Lipinski definition) is 6. The first-order valence-corrected chi connectivity index (χ1v) is 8.83. The van der Waals surface area contributed by atoms with Crippen molar-refractivity contribution in [3.05, 3.63) is 63.7 Å². The number of carbonyl (C=O) groups is 1. The van der Waals surface area contributed by atoms with Gasteiger partial charge >= 0.3 is 0 Å². The van der Waals surface area contributed by atoms with Crippen molar-refractivity contribution in [3.63, 3.8) is 0 Å². The topological polar surface area (TPSA) is 103 Å². The van der Waals surface area contributed by atoms with Crippen LogP contribution in [-0.2, 0) is 11.2 Å². The average Bonchev–Trinajstić information content (AvgIpc) is 2.69. The number of nitro benzene ring substituents is 1. The Labute approximate surface area is 163 Å². The summed E-state index contributed by atoms with van der Waals surface area (Å²) in [5, 5.41) is 14.9. The van der Waals surface area contributed by atoms with E-state index in [0.717, 1.165) is 6.42 Å². The normalized spacial score (nSPS) is 11.8. The molecule has 0 heterocycles. The van der Waals surface area contributed by atoms with Crippen molar-refractivity contribution >= 4 is 17.8 Å². The number of hydrazone groups is 1. The predicted molar refractivity (Wildman–Crippen MR) is 106 cm³/mol. The van der Waals surface area contributed by atoms with Gasteiger partial charge in [-0.15, -0.1) is 0 Å². The molecule has 0 saturated heterocycles. The van der Waals surface area contributed by atoms with Crippen LogP contribution in [0.15, 0.2) is 47.6 Å². The third-order valence-electron chi connectivity index (χ3n) is 4.03. The van der Waals surface area contributed by atoms with Gasteiger partial charge in [0, 0.05) is 11.6 Å². The summed E-state index contributed by atoms with van der Waals surface area (Å²) < 4.78 is 11.1. The fourth-order valence-electron chi connectivity index (χ4n) is 2.39. The molecule has 148 valence electrons. The van der Waals surface area contributed by atoms with Crippen LogP contribution in [0.3, 0.4) is 0 Å². The molecular weight excluding hydrogens is 362 g/mol. The summed E-state index contributed by atoms with van der Waals surface area (Å²) in [7, 11) is 1.55. The minimum atomic E-state index is -0.513. The lowest BCUT2D eigenvalue weighted by Gasteiger charge is -2.15. The van der Waals surface area contributed by atoms with Crippen LogP contribution in [0.5, 0.6) is 11.5 Å². The molecule has 0 radical (unpaired) electrons. The lowest BCUT2D eigenvalue weighted by molar-refractivity contribution is -0.385. The zero-order valence-corrected chi connectivity index (χ0v) is 16.0. The summed E-state index contributed by atoms with van der Waals surface area (Å²) in [5.74, 6) is 0.749. The maximum Gasteiger partial charge on any atom is 0.273 e. The Hall–Kier alpha value is -3.42. The van der Waals surface area contributed by atoms with E-state index >= 15 is 0 Å². The van der Waals surface area contributed by atoms with Crippen LogP contribution in [0.1, 0.15) is 31.4 Å². The van der Waals surface area contributed by atoms with E-state index in [1.165, 1.54) is 12.3 Å². The molecule has 0 aromatic heterocycles. The van der Waals surface area contributed by atoms with Crippen molar-refractivity contribution in [2.45, 2.75) is 32.8 Å². The van der Waals surface area contributed by atoms with Crippen molar-refractivity contribution in [2.24, 2.45) is 5.10 Å². The molecule has 1 amide bonds. The molecule has 1 atom stereocenters. The van der Waals surface area contributed by atoms with Crippen molar-refractivity contribution in [2.75, 3.05) is 7.11 Å². The molecule has 28 heavy (non-hydrogen) atoms. The molecular formula is C20H23N3O5. The fourth-order valence-corrected chi connectivity index (χ4v) is 2.39. The summed E-state index contributed by atoms with van der Waals surface area (Å²) in [4.78, 5) is 22.5. The van der Waals surface area contributed by atoms with Gasteiger partial charge in [0.05, 0.1) is 30.8 Å². The molecule has 8 nitrogen and oxygen atoms in total. The molecule has 2 aromatic rings. The van der Waals surface area contributed by atoms with Gasteiger partial charge in [-0.3, -0.25) is 14.9 Å². The van der Waals surface area contributed by atoms with E-state index in [4.69, 9.17) is 9.47 Å². The van der Waals surface area contributed by atoms with Gasteiger partial charge in [0.25, 0.3) is 5.69 Å². The predicted octanol–water partition coefficient (Wildman–Crippen LogP) is 3.47. The Balaban J connectivity index is 2.00. The fraction of sp³-hybridized carbons (Fsp3) is 0.300. The maximum atomic E-state index is 12.0. The highest BCUT2D eigenvalue weighted by Gasteiger charge is 2.15. The average molecular weight is 385 g/mol. The largest absolute Gasteiger partial charge is 0.493 e. The third kappa shape index (κ3) is 5.80. The van der Waals surface area contributed by atoms with Crippen LogP contribution < -0.4 is 14.9 Å². The molecule has 8 heteroatoms. The number of para-hydroxylation sites is 1. The van der Waals surface area contributed by atoms with Gasteiger partial charge in [-0.25, -0.2) is 5.43 Å². The second-order valence-corrected chi connectivity index (χ2v) is 6.10. The number of benzene rings is 2. The first-order valence-electron chi connectivity index (χ1n) is 8.83. The molecule has 0 saturated carbocycles. The number of nitrogens with zero attached hydrogens (tertiary/aromatic N) is 2. The molecule has 0 aliphatic heterocycles. The first kappa shape index (κ1) is 20.9. The molecule has 1 N–H and O–H groups in total. The van der Waals surface area contributed by atoms with E-state index in [1.807, 2.05) is 13.8 Å². The Kier molecular flexibility index (Phi) is 7.50. The summed E-state index contributed by atoms with van der Waals surface area (Å²) >= 11 is 0. The Morgan fingerprint density at radius 1 is 1.29 bits per heavy atom. The standard InChI is InChI=1S/C20H23N3O5/c1-4-14(2)28-18-10-9-15(11-19(18)27-3)13-21-22-20(24)12-16-7-5-6-8-17(16)23(25)26/h5-11,13-14H,4,12H2,1-3H3,(H,22,24)/b21-13+/t14-/m1/s1. The number of rotatable bonds is 9. The Morgan fingerprint density at radius 2 is 2.04 bits per heavy atom. The van der Waals surface area contributed by atoms with Gasteiger partial charge in [0.1, 0.15) is 0 Å². The van der Waals surface area contributed by atoms with Crippen LogP contribution >= 0.6 is 0 Å². The molecule has 0 bridgehead atoms. The van der Waals surface area contributed by atoms with Crippen molar-refractivity contribution in [1.29, 1.82) is 0 Å². The number of methoxy groups -OCH3 is 1. The minimum absolute atomic E-state index is 0.0646. The van der Waals surface area contributed by atoms with E-state index < -0.39 is 10.8 Å². The van der Waals surface area contributed by atoms with Gasteiger partial charge in [0.2, 0.25) is 5.91 Å². The van der Waals surface area contributed by atoms with Crippen molar-refractivity contribution < 1.29 is 19.2 Å². The Bertz CT molecular complexity index is 867. The highest BCUT2D eigenvalue weighted by molar-refractivity contribution is 5.84. The highest BCUT2D eigenvalue weighted by Crippen LogP contribution is 2.28. The molecule has 0 fully saturated rings. The molecule has 0 aliphatic carbocycles. The SMILES string of the molecule is CC[C@@H](C)Oc1ccc(/C=N/NC(=O)Cc2ccccc2[N+](=O)[O-])cc1OC. The molecule has 0 unspecified atom stereocenters. The molecule has 2 aromatic carbocycles. The van der Waals surface area contributed by atoms with E-state index in [2.05, 4.69) is 10.5 Å². The first-order chi connectivity index (χ1) is 13.4. The number of nitrogens with one attached hydrogen (secondary N) is 1. The van der Waals surface area contributed by atoms with E-state index in [0.29, 0.717) is 22.6 Å². The van der Waals surface area contributed by atoms with Crippen molar-refractivity contribution in [3.8, 4) is 11.5 Å². The van der Waals surface area contributed by atoms with Crippen molar-refractivity contribution in [1.82, 2.24) is 5.43 Å². The molecule has 0 spiro atoms. The van der Waals surface area contributed by atoms with Gasteiger partial charge in [0.15, 0.2) is 11.5 Å². The number of hydrogen-bond donors (Lipinski definition) is 1. The zero-order chi connectivity index (χ0) is 20.5. The number of ether oxygens (including phenoxy) is 2. The summed E-state index contributed by atoms with van der Waals surface area (Å²) in [5.41, 5.74) is 3.32. The summed E-state index contributed by atoms with van der Waals surface area (Å²) in [6.45, 7) is 4.01. The van der Waals surface area contributed by atoms with Gasteiger partial charge in [-0.2, -0.15) is 5.10 Å².